The molecule has 0 unspecified atom stereocenters. The van der Waals surface area contributed by atoms with E-state index in [1.54, 1.807) is 34.9 Å². The number of ether oxygens (including phenoxy) is 1. The molecule has 0 amide bonds. The van der Waals surface area contributed by atoms with Crippen LogP contribution >= 0.6 is 0 Å². The van der Waals surface area contributed by atoms with Crippen molar-refractivity contribution >= 4 is 21.4 Å². The van der Waals surface area contributed by atoms with Gasteiger partial charge in [0.2, 0.25) is 0 Å². The molecule has 0 spiro atoms. The fraction of sp³-hybridized carbons (Fsp3) is 0.133. The second-order valence-electron chi connectivity index (χ2n) is 4.85. The minimum absolute atomic E-state index is 0.176. The number of pyridine rings is 1. The van der Waals surface area contributed by atoms with Crippen molar-refractivity contribution in [2.45, 2.75) is 11.8 Å². The van der Waals surface area contributed by atoms with Crippen molar-refractivity contribution in [1.82, 2.24) is 9.38 Å². The highest BCUT2D eigenvalue weighted by molar-refractivity contribution is 7.92. The first-order valence-electron chi connectivity index (χ1n) is 6.60. The molecule has 0 saturated carbocycles. The number of anilines is 1. The average Bonchev–Trinajstić information content (AvgIpc) is 2.86. The summed E-state index contributed by atoms with van der Waals surface area (Å²) in [5.74, 6) is 0.606. The lowest BCUT2D eigenvalue weighted by molar-refractivity contribution is 0.414. The van der Waals surface area contributed by atoms with Gasteiger partial charge in [0.05, 0.1) is 23.4 Å². The molecule has 6 nitrogen and oxygen atoms in total. The maximum absolute atomic E-state index is 12.4. The van der Waals surface area contributed by atoms with Crippen LogP contribution in [-0.4, -0.2) is 24.9 Å². The molecule has 1 N–H and O–H groups in total. The molecule has 3 aromatic rings. The summed E-state index contributed by atoms with van der Waals surface area (Å²) in [5, 5.41) is 0. The van der Waals surface area contributed by atoms with E-state index in [0.29, 0.717) is 11.4 Å². The summed E-state index contributed by atoms with van der Waals surface area (Å²) in [6.07, 6.45) is 3.52. The Hall–Kier alpha value is -2.54. The molecule has 0 bridgehead atoms. The molecule has 0 aliphatic carbocycles. The smallest absolute Gasteiger partial charge is 0.261 e. The molecule has 0 fully saturated rings. The summed E-state index contributed by atoms with van der Waals surface area (Å²) in [6, 6.07) is 9.66. The number of hydrogen-bond acceptors (Lipinski definition) is 4. The third-order valence-corrected chi connectivity index (χ3v) is 4.59. The van der Waals surface area contributed by atoms with E-state index in [1.165, 1.54) is 19.2 Å². The molecular weight excluding hydrogens is 302 g/mol. The Balaban J connectivity index is 1.91. The van der Waals surface area contributed by atoms with Crippen LogP contribution in [0.4, 0.5) is 5.69 Å². The number of benzene rings is 1. The molecule has 0 atom stereocenters. The van der Waals surface area contributed by atoms with Gasteiger partial charge in [0, 0.05) is 12.4 Å². The van der Waals surface area contributed by atoms with Gasteiger partial charge >= 0.3 is 0 Å². The third-order valence-electron chi connectivity index (χ3n) is 3.19. The molecule has 114 valence electrons. The van der Waals surface area contributed by atoms with Gasteiger partial charge in [-0.3, -0.25) is 4.72 Å². The minimum Gasteiger partial charge on any atom is -0.497 e. The SMILES string of the molecule is COc1ccc(S(=O)(=O)Nc2ccc3nc(C)cn3c2)cc1. The van der Waals surface area contributed by atoms with Crippen molar-refractivity contribution in [3.8, 4) is 5.75 Å². The molecule has 2 heterocycles. The van der Waals surface area contributed by atoms with Crippen molar-refractivity contribution in [2.75, 3.05) is 11.8 Å². The number of aromatic nitrogens is 2. The highest BCUT2D eigenvalue weighted by Crippen LogP contribution is 2.19. The van der Waals surface area contributed by atoms with Gasteiger partial charge in [0.1, 0.15) is 11.4 Å². The molecule has 7 heteroatoms. The first kappa shape index (κ1) is 14.4. The van der Waals surface area contributed by atoms with Gasteiger partial charge in [-0.15, -0.1) is 0 Å². The van der Waals surface area contributed by atoms with Crippen molar-refractivity contribution in [3.05, 3.63) is 54.5 Å². The van der Waals surface area contributed by atoms with Gasteiger partial charge in [-0.1, -0.05) is 0 Å². The van der Waals surface area contributed by atoms with Crippen LogP contribution in [0, 0.1) is 6.92 Å². The van der Waals surface area contributed by atoms with E-state index >= 15 is 0 Å². The molecule has 3 rings (SSSR count). The third kappa shape index (κ3) is 2.75. The first-order valence-corrected chi connectivity index (χ1v) is 8.08. The molecule has 0 aliphatic rings. The Morgan fingerprint density at radius 1 is 1.09 bits per heavy atom. The highest BCUT2D eigenvalue weighted by Gasteiger charge is 2.14. The first-order chi connectivity index (χ1) is 10.5. The van der Waals surface area contributed by atoms with E-state index in [-0.39, 0.29) is 4.90 Å². The molecule has 0 saturated heterocycles. The Bertz CT molecular complexity index is 915. The highest BCUT2D eigenvalue weighted by atomic mass is 32.2. The molecule has 1 aromatic carbocycles. The number of aryl methyl sites for hydroxylation is 1. The quantitative estimate of drug-likeness (QED) is 0.802. The molecule has 0 aliphatic heterocycles. The van der Waals surface area contributed by atoms with Crippen LogP contribution in [0.3, 0.4) is 0 Å². The Morgan fingerprint density at radius 2 is 1.82 bits per heavy atom. The number of hydrogen-bond donors (Lipinski definition) is 1. The largest absolute Gasteiger partial charge is 0.497 e. The number of fused-ring (bicyclic) bond motifs is 1. The second kappa shape index (κ2) is 5.34. The van der Waals surface area contributed by atoms with Crippen LogP contribution in [0.2, 0.25) is 0 Å². The van der Waals surface area contributed by atoms with Gasteiger partial charge in [0.25, 0.3) is 10.0 Å². The number of rotatable bonds is 4. The predicted octanol–water partition coefficient (Wildman–Crippen LogP) is 2.45. The summed E-state index contributed by atoms with van der Waals surface area (Å²) >= 11 is 0. The van der Waals surface area contributed by atoms with Crippen molar-refractivity contribution < 1.29 is 13.2 Å². The molecule has 22 heavy (non-hydrogen) atoms. The van der Waals surface area contributed by atoms with E-state index < -0.39 is 10.0 Å². The fourth-order valence-corrected chi connectivity index (χ4v) is 3.19. The van der Waals surface area contributed by atoms with Crippen LogP contribution in [0.15, 0.2) is 53.7 Å². The second-order valence-corrected chi connectivity index (χ2v) is 6.53. The van der Waals surface area contributed by atoms with Gasteiger partial charge in [-0.05, 0) is 43.3 Å². The Labute approximate surface area is 128 Å². The number of nitrogens with zero attached hydrogens (tertiary/aromatic N) is 2. The fourth-order valence-electron chi connectivity index (χ4n) is 2.15. The lowest BCUT2D eigenvalue weighted by Gasteiger charge is -2.09. The maximum atomic E-state index is 12.4. The van der Waals surface area contributed by atoms with Crippen molar-refractivity contribution in [1.29, 1.82) is 0 Å². The monoisotopic (exact) mass is 317 g/mol. The summed E-state index contributed by atoms with van der Waals surface area (Å²) in [7, 11) is -2.11. The van der Waals surface area contributed by atoms with E-state index in [1.807, 2.05) is 13.1 Å². The van der Waals surface area contributed by atoms with Crippen LogP contribution < -0.4 is 9.46 Å². The van der Waals surface area contributed by atoms with E-state index in [0.717, 1.165) is 11.3 Å². The molecular formula is C15H15N3O3S. The standard InChI is InChI=1S/C15H15N3O3S/c1-11-9-18-10-12(3-8-15(18)16-11)17-22(19,20)14-6-4-13(21-2)5-7-14/h3-10,17H,1-2H3. The van der Waals surface area contributed by atoms with Crippen LogP contribution in [0.1, 0.15) is 5.69 Å². The number of imidazole rings is 1. The van der Waals surface area contributed by atoms with Crippen LogP contribution in [-0.2, 0) is 10.0 Å². The Morgan fingerprint density at radius 3 is 2.50 bits per heavy atom. The summed E-state index contributed by atoms with van der Waals surface area (Å²) in [5.41, 5.74) is 2.11. The number of nitrogens with one attached hydrogen (secondary N) is 1. The Kier molecular flexibility index (Phi) is 3.50. The van der Waals surface area contributed by atoms with Gasteiger partial charge < -0.3 is 9.14 Å². The van der Waals surface area contributed by atoms with E-state index in [9.17, 15) is 8.42 Å². The summed E-state index contributed by atoms with van der Waals surface area (Å²) in [4.78, 5) is 4.48. The number of methoxy groups -OCH3 is 1. The predicted molar refractivity (Wildman–Crippen MR) is 83.7 cm³/mol. The zero-order valence-corrected chi connectivity index (χ0v) is 13.0. The van der Waals surface area contributed by atoms with Gasteiger partial charge in [0.15, 0.2) is 0 Å². The lowest BCUT2D eigenvalue weighted by atomic mass is 10.3. The zero-order chi connectivity index (χ0) is 15.7. The average molecular weight is 317 g/mol. The van der Waals surface area contributed by atoms with Gasteiger partial charge in [-0.2, -0.15) is 0 Å². The lowest BCUT2D eigenvalue weighted by Crippen LogP contribution is -2.13. The van der Waals surface area contributed by atoms with Crippen molar-refractivity contribution in [3.63, 3.8) is 0 Å². The number of sulfonamides is 1. The van der Waals surface area contributed by atoms with Crippen LogP contribution in [0.25, 0.3) is 5.65 Å². The van der Waals surface area contributed by atoms with E-state index in [4.69, 9.17) is 4.74 Å². The maximum Gasteiger partial charge on any atom is 0.261 e. The molecule has 0 radical (unpaired) electrons. The summed E-state index contributed by atoms with van der Waals surface area (Å²) in [6.45, 7) is 1.88. The minimum atomic E-state index is -3.64. The van der Waals surface area contributed by atoms with Crippen LogP contribution in [0.5, 0.6) is 5.75 Å². The van der Waals surface area contributed by atoms with Gasteiger partial charge in [-0.25, -0.2) is 13.4 Å². The normalized spacial score (nSPS) is 11.5. The zero-order valence-electron chi connectivity index (χ0n) is 12.1. The van der Waals surface area contributed by atoms with Crippen molar-refractivity contribution in [2.24, 2.45) is 0 Å². The molecule has 2 aromatic heterocycles. The van der Waals surface area contributed by atoms with E-state index in [2.05, 4.69) is 9.71 Å². The topological polar surface area (TPSA) is 72.7 Å². The summed E-state index contributed by atoms with van der Waals surface area (Å²) < 4.78 is 34.1.